The molecule has 1 aromatic carbocycles. The summed E-state index contributed by atoms with van der Waals surface area (Å²) in [7, 11) is 3.33. The first-order valence-corrected chi connectivity index (χ1v) is 5.96. The smallest absolute Gasteiger partial charge is 0.257 e. The Morgan fingerprint density at radius 2 is 2.06 bits per heavy atom. The van der Waals surface area contributed by atoms with E-state index in [1.165, 1.54) is 0 Å². The molecule has 0 atom stereocenters. The Labute approximate surface area is 109 Å². The number of aryl methyl sites for hydroxylation is 1. The van der Waals surface area contributed by atoms with Crippen molar-refractivity contribution in [2.45, 2.75) is 26.3 Å². The highest BCUT2D eigenvalue weighted by molar-refractivity contribution is 5.97. The van der Waals surface area contributed by atoms with Crippen LogP contribution in [0.15, 0.2) is 18.2 Å². The van der Waals surface area contributed by atoms with Gasteiger partial charge in [0.1, 0.15) is 5.75 Å². The van der Waals surface area contributed by atoms with Gasteiger partial charge in [-0.05, 0) is 32.9 Å². The maximum Gasteiger partial charge on any atom is 0.257 e. The number of ether oxygens (including phenoxy) is 1. The van der Waals surface area contributed by atoms with Crippen LogP contribution in [0, 0.1) is 6.92 Å². The molecule has 0 saturated carbocycles. The molecule has 0 fully saturated rings. The van der Waals surface area contributed by atoms with Crippen LogP contribution >= 0.6 is 0 Å². The lowest BCUT2D eigenvalue weighted by Crippen LogP contribution is -2.50. The van der Waals surface area contributed by atoms with E-state index in [-0.39, 0.29) is 11.4 Å². The molecule has 100 valence electrons. The molecule has 0 radical (unpaired) electrons. The number of nitrogens with two attached hydrogens (primary N) is 1. The molecule has 0 bridgehead atoms. The number of hydrogen-bond acceptors (Lipinski definition) is 3. The van der Waals surface area contributed by atoms with E-state index in [9.17, 15) is 4.79 Å². The van der Waals surface area contributed by atoms with Crippen LogP contribution in [0.4, 0.5) is 0 Å². The molecule has 0 spiro atoms. The number of hydrogen-bond donors (Lipinski definition) is 1. The molecule has 1 rings (SSSR count). The highest BCUT2D eigenvalue weighted by atomic mass is 16.5. The predicted octanol–water partition coefficient (Wildman–Crippen LogP) is 1.81. The van der Waals surface area contributed by atoms with Crippen molar-refractivity contribution in [1.29, 1.82) is 0 Å². The fourth-order valence-corrected chi connectivity index (χ4v) is 1.58. The minimum atomic E-state index is -0.383. The summed E-state index contributed by atoms with van der Waals surface area (Å²) in [6, 6.07) is 5.57. The molecule has 0 aliphatic heterocycles. The van der Waals surface area contributed by atoms with E-state index in [0.29, 0.717) is 17.9 Å². The summed E-state index contributed by atoms with van der Waals surface area (Å²) in [5.41, 5.74) is 6.91. The van der Waals surface area contributed by atoms with Crippen molar-refractivity contribution in [3.63, 3.8) is 0 Å². The lowest BCUT2D eigenvalue weighted by molar-refractivity contribution is 0.0636. The molecular weight excluding hydrogens is 228 g/mol. The second kappa shape index (κ2) is 5.40. The first-order chi connectivity index (χ1) is 8.33. The summed E-state index contributed by atoms with van der Waals surface area (Å²) in [6.45, 7) is 6.23. The third-order valence-electron chi connectivity index (χ3n) is 3.30. The molecule has 1 aromatic rings. The zero-order chi connectivity index (χ0) is 13.9. The van der Waals surface area contributed by atoms with Crippen molar-refractivity contribution in [2.75, 3.05) is 20.7 Å². The van der Waals surface area contributed by atoms with Gasteiger partial charge in [0.25, 0.3) is 5.91 Å². The molecule has 0 aliphatic rings. The third kappa shape index (κ3) is 2.82. The molecule has 0 saturated heterocycles. The van der Waals surface area contributed by atoms with E-state index in [2.05, 4.69) is 0 Å². The van der Waals surface area contributed by atoms with Gasteiger partial charge in [-0.3, -0.25) is 4.79 Å². The van der Waals surface area contributed by atoms with Crippen molar-refractivity contribution < 1.29 is 9.53 Å². The lowest BCUT2D eigenvalue weighted by Gasteiger charge is -2.34. The summed E-state index contributed by atoms with van der Waals surface area (Å²) in [5.74, 6) is 0.510. The van der Waals surface area contributed by atoms with Gasteiger partial charge in [0.15, 0.2) is 0 Å². The van der Waals surface area contributed by atoms with Crippen LogP contribution in [0.3, 0.4) is 0 Å². The number of carbonyl (C=O) groups is 1. The van der Waals surface area contributed by atoms with Crippen LogP contribution in [0.1, 0.15) is 29.8 Å². The third-order valence-corrected chi connectivity index (χ3v) is 3.30. The summed E-state index contributed by atoms with van der Waals surface area (Å²) in [5, 5.41) is 0. The molecule has 4 nitrogen and oxygen atoms in total. The van der Waals surface area contributed by atoms with Crippen LogP contribution in [0.5, 0.6) is 5.75 Å². The average molecular weight is 250 g/mol. The first kappa shape index (κ1) is 14.5. The van der Waals surface area contributed by atoms with Gasteiger partial charge in [0, 0.05) is 19.1 Å². The van der Waals surface area contributed by atoms with Gasteiger partial charge in [-0.25, -0.2) is 0 Å². The molecular formula is C14H22N2O2. The molecule has 0 aliphatic carbocycles. The van der Waals surface area contributed by atoms with Crippen LogP contribution < -0.4 is 10.5 Å². The van der Waals surface area contributed by atoms with Gasteiger partial charge in [-0.2, -0.15) is 0 Å². The van der Waals surface area contributed by atoms with Crippen LogP contribution in [-0.4, -0.2) is 37.0 Å². The van der Waals surface area contributed by atoms with E-state index in [1.54, 1.807) is 19.1 Å². The van der Waals surface area contributed by atoms with Gasteiger partial charge < -0.3 is 15.4 Å². The van der Waals surface area contributed by atoms with E-state index in [0.717, 1.165) is 5.56 Å². The van der Waals surface area contributed by atoms with E-state index in [4.69, 9.17) is 10.5 Å². The molecule has 0 unspecified atom stereocenters. The van der Waals surface area contributed by atoms with E-state index >= 15 is 0 Å². The molecule has 0 aromatic heterocycles. The second-order valence-electron chi connectivity index (χ2n) is 5.08. The number of rotatable bonds is 4. The molecule has 0 heterocycles. The Morgan fingerprint density at radius 3 is 2.56 bits per heavy atom. The molecule has 2 N–H and O–H groups in total. The van der Waals surface area contributed by atoms with Crippen molar-refractivity contribution in [1.82, 2.24) is 4.90 Å². The van der Waals surface area contributed by atoms with Crippen molar-refractivity contribution in [3.8, 4) is 5.75 Å². The number of carbonyl (C=O) groups excluding carboxylic acids is 1. The van der Waals surface area contributed by atoms with Crippen molar-refractivity contribution in [3.05, 3.63) is 29.3 Å². The number of methoxy groups -OCH3 is 1. The monoisotopic (exact) mass is 250 g/mol. The number of benzene rings is 1. The predicted molar refractivity (Wildman–Crippen MR) is 73.0 cm³/mol. The Hall–Kier alpha value is -1.55. The summed E-state index contributed by atoms with van der Waals surface area (Å²) < 4.78 is 5.24. The van der Waals surface area contributed by atoms with E-state index < -0.39 is 0 Å². The van der Waals surface area contributed by atoms with Gasteiger partial charge in [0.2, 0.25) is 0 Å². The maximum absolute atomic E-state index is 12.5. The summed E-state index contributed by atoms with van der Waals surface area (Å²) >= 11 is 0. The summed E-state index contributed by atoms with van der Waals surface area (Å²) in [4.78, 5) is 14.1. The molecule has 1 amide bonds. The van der Waals surface area contributed by atoms with Crippen LogP contribution in [-0.2, 0) is 0 Å². The summed E-state index contributed by atoms with van der Waals surface area (Å²) in [6.07, 6.45) is 0. The lowest BCUT2D eigenvalue weighted by atomic mass is 10.0. The Morgan fingerprint density at radius 1 is 1.44 bits per heavy atom. The maximum atomic E-state index is 12.5. The minimum absolute atomic E-state index is 0.0778. The zero-order valence-corrected chi connectivity index (χ0v) is 11.8. The minimum Gasteiger partial charge on any atom is -0.496 e. The van der Waals surface area contributed by atoms with Gasteiger partial charge >= 0.3 is 0 Å². The van der Waals surface area contributed by atoms with Crippen molar-refractivity contribution in [2.24, 2.45) is 5.73 Å². The molecule has 18 heavy (non-hydrogen) atoms. The fraction of sp³-hybridized carbons (Fsp3) is 0.500. The standard InChI is InChI=1S/C14H22N2O2/c1-10-6-7-12(18-5)11(8-10)13(17)16(4)14(2,3)9-15/h6-8H,9,15H2,1-5H3. The second-order valence-corrected chi connectivity index (χ2v) is 5.08. The SMILES string of the molecule is COc1ccc(C)cc1C(=O)N(C)C(C)(C)CN. The van der Waals surface area contributed by atoms with Gasteiger partial charge in [0.05, 0.1) is 12.7 Å². The Bertz CT molecular complexity index is 441. The van der Waals surface area contributed by atoms with Gasteiger partial charge in [-0.1, -0.05) is 11.6 Å². The highest BCUT2D eigenvalue weighted by Crippen LogP contribution is 2.23. The molecule has 4 heteroatoms. The Balaban J connectivity index is 3.14. The number of nitrogens with zero attached hydrogens (tertiary/aromatic N) is 1. The topological polar surface area (TPSA) is 55.6 Å². The normalized spacial score (nSPS) is 11.2. The number of likely N-dealkylation sites (N-methyl/N-ethyl adjacent to an activating group) is 1. The zero-order valence-electron chi connectivity index (χ0n) is 11.8. The fourth-order valence-electron chi connectivity index (χ4n) is 1.58. The van der Waals surface area contributed by atoms with E-state index in [1.807, 2.05) is 39.0 Å². The van der Waals surface area contributed by atoms with Crippen molar-refractivity contribution >= 4 is 5.91 Å². The highest BCUT2D eigenvalue weighted by Gasteiger charge is 2.28. The quantitative estimate of drug-likeness (QED) is 0.886. The largest absolute Gasteiger partial charge is 0.496 e. The Kier molecular flexibility index (Phi) is 4.35. The van der Waals surface area contributed by atoms with Gasteiger partial charge in [-0.15, -0.1) is 0 Å². The first-order valence-electron chi connectivity index (χ1n) is 5.96. The van der Waals surface area contributed by atoms with Crippen LogP contribution in [0.2, 0.25) is 0 Å². The van der Waals surface area contributed by atoms with Crippen LogP contribution in [0.25, 0.3) is 0 Å². The average Bonchev–Trinajstić information content (AvgIpc) is 2.36. The number of amides is 1.